The molecular formula is C16H22N4S. The van der Waals surface area contributed by atoms with Crippen molar-refractivity contribution in [2.75, 3.05) is 11.2 Å². The fourth-order valence-electron chi connectivity index (χ4n) is 2.75. The molecule has 1 aliphatic rings. The monoisotopic (exact) mass is 302 g/mol. The van der Waals surface area contributed by atoms with E-state index in [2.05, 4.69) is 66.2 Å². The van der Waals surface area contributed by atoms with Gasteiger partial charge < -0.3 is 5.43 Å². The van der Waals surface area contributed by atoms with Crippen LogP contribution in [-0.4, -0.2) is 20.6 Å². The number of aryl methyl sites for hydroxylation is 2. The molecule has 0 saturated carbocycles. The molecule has 1 unspecified atom stereocenters. The molecule has 1 atom stereocenters. The maximum Gasteiger partial charge on any atom is 0.210 e. The number of thioether (sulfide) groups is 1. The first-order valence-electron chi connectivity index (χ1n) is 7.45. The van der Waals surface area contributed by atoms with Gasteiger partial charge in [-0.2, -0.15) is 0 Å². The zero-order chi connectivity index (χ0) is 15.0. The van der Waals surface area contributed by atoms with Crippen LogP contribution >= 0.6 is 11.8 Å². The fraction of sp³-hybridized carbons (Fsp3) is 0.500. The van der Waals surface area contributed by atoms with E-state index in [1.165, 1.54) is 16.7 Å². The van der Waals surface area contributed by atoms with Crippen molar-refractivity contribution in [3.8, 4) is 0 Å². The molecule has 112 valence electrons. The summed E-state index contributed by atoms with van der Waals surface area (Å²) in [7, 11) is 0. The van der Waals surface area contributed by atoms with E-state index in [0.29, 0.717) is 12.0 Å². The number of benzene rings is 1. The minimum atomic E-state index is 0.310. The third kappa shape index (κ3) is 2.93. The fourth-order valence-corrected chi connectivity index (χ4v) is 3.70. The second-order valence-electron chi connectivity index (χ2n) is 6.18. The standard InChI is InChI=1S/C16H22N4S/c1-10(2)7-15-17-18-16-20(15)19-14(9-21-16)13-6-5-11(3)8-12(13)4/h5-6,8,10,14,19H,7,9H2,1-4H3. The third-order valence-corrected chi connectivity index (χ3v) is 4.78. The quantitative estimate of drug-likeness (QED) is 0.942. The molecule has 1 aliphatic heterocycles. The molecule has 3 rings (SSSR count). The lowest BCUT2D eigenvalue weighted by Gasteiger charge is -2.28. The smallest absolute Gasteiger partial charge is 0.210 e. The molecule has 1 aromatic carbocycles. The van der Waals surface area contributed by atoms with E-state index >= 15 is 0 Å². The number of fused-ring (bicyclic) bond motifs is 1. The summed E-state index contributed by atoms with van der Waals surface area (Å²) in [5.74, 6) is 2.59. The summed E-state index contributed by atoms with van der Waals surface area (Å²) in [5, 5.41) is 9.60. The van der Waals surface area contributed by atoms with Crippen molar-refractivity contribution in [3.05, 3.63) is 40.7 Å². The van der Waals surface area contributed by atoms with Crippen LogP contribution in [0, 0.1) is 19.8 Å². The maximum atomic E-state index is 4.33. The van der Waals surface area contributed by atoms with Gasteiger partial charge >= 0.3 is 0 Å². The van der Waals surface area contributed by atoms with Gasteiger partial charge in [0.2, 0.25) is 5.16 Å². The Labute approximate surface area is 130 Å². The average molecular weight is 302 g/mol. The number of aromatic nitrogens is 3. The number of rotatable bonds is 3. The summed E-state index contributed by atoms with van der Waals surface area (Å²) < 4.78 is 2.08. The first kappa shape index (κ1) is 14.4. The molecular weight excluding hydrogens is 280 g/mol. The number of hydrogen-bond donors (Lipinski definition) is 1. The lowest BCUT2D eigenvalue weighted by Crippen LogP contribution is -2.30. The number of nitrogens with one attached hydrogen (secondary N) is 1. The summed E-state index contributed by atoms with van der Waals surface area (Å²) in [4.78, 5) is 0. The van der Waals surface area contributed by atoms with Crippen LogP contribution in [-0.2, 0) is 6.42 Å². The third-order valence-electron chi connectivity index (χ3n) is 3.76. The van der Waals surface area contributed by atoms with Gasteiger partial charge in [0.1, 0.15) is 0 Å². The molecule has 0 fully saturated rings. The highest BCUT2D eigenvalue weighted by molar-refractivity contribution is 7.99. The van der Waals surface area contributed by atoms with Crippen LogP contribution in [0.25, 0.3) is 0 Å². The Bertz CT molecular complexity index is 648. The topological polar surface area (TPSA) is 42.7 Å². The average Bonchev–Trinajstić information content (AvgIpc) is 2.80. The minimum Gasteiger partial charge on any atom is -0.314 e. The second-order valence-corrected chi connectivity index (χ2v) is 7.17. The first-order chi connectivity index (χ1) is 10.0. The van der Waals surface area contributed by atoms with E-state index in [9.17, 15) is 0 Å². The van der Waals surface area contributed by atoms with E-state index in [1.807, 2.05) is 0 Å². The van der Waals surface area contributed by atoms with Crippen molar-refractivity contribution in [3.63, 3.8) is 0 Å². The van der Waals surface area contributed by atoms with Crippen molar-refractivity contribution < 1.29 is 0 Å². The zero-order valence-corrected chi connectivity index (χ0v) is 13.9. The molecule has 1 N–H and O–H groups in total. The number of nitrogens with zero attached hydrogens (tertiary/aromatic N) is 3. The summed E-state index contributed by atoms with van der Waals surface area (Å²) in [6, 6.07) is 6.98. The van der Waals surface area contributed by atoms with Crippen molar-refractivity contribution in [2.45, 2.75) is 45.3 Å². The normalized spacial score (nSPS) is 17.7. The van der Waals surface area contributed by atoms with Crippen LogP contribution < -0.4 is 5.43 Å². The molecule has 0 bridgehead atoms. The summed E-state index contributed by atoms with van der Waals surface area (Å²) >= 11 is 1.78. The van der Waals surface area contributed by atoms with E-state index in [-0.39, 0.29) is 0 Å². The summed E-state index contributed by atoms with van der Waals surface area (Å²) in [6.07, 6.45) is 0.945. The minimum absolute atomic E-state index is 0.310. The Morgan fingerprint density at radius 3 is 2.86 bits per heavy atom. The Morgan fingerprint density at radius 1 is 1.33 bits per heavy atom. The van der Waals surface area contributed by atoms with Crippen molar-refractivity contribution in [2.24, 2.45) is 5.92 Å². The van der Waals surface area contributed by atoms with Crippen molar-refractivity contribution in [1.82, 2.24) is 14.9 Å². The molecule has 0 spiro atoms. The van der Waals surface area contributed by atoms with Gasteiger partial charge in [0, 0.05) is 12.2 Å². The van der Waals surface area contributed by atoms with Crippen LogP contribution in [0.2, 0.25) is 0 Å². The van der Waals surface area contributed by atoms with E-state index in [4.69, 9.17) is 0 Å². The van der Waals surface area contributed by atoms with Gasteiger partial charge in [-0.25, -0.2) is 4.68 Å². The van der Waals surface area contributed by atoms with Gasteiger partial charge in [0.25, 0.3) is 0 Å². The molecule has 0 amide bonds. The molecule has 0 radical (unpaired) electrons. The van der Waals surface area contributed by atoms with Crippen molar-refractivity contribution in [1.29, 1.82) is 0 Å². The van der Waals surface area contributed by atoms with Crippen LogP contribution in [0.15, 0.2) is 23.4 Å². The predicted octanol–water partition coefficient (Wildman–Crippen LogP) is 3.48. The highest BCUT2D eigenvalue weighted by Crippen LogP contribution is 2.31. The molecule has 0 aliphatic carbocycles. The first-order valence-corrected chi connectivity index (χ1v) is 8.44. The van der Waals surface area contributed by atoms with E-state index < -0.39 is 0 Å². The lowest BCUT2D eigenvalue weighted by atomic mass is 10.0. The van der Waals surface area contributed by atoms with Gasteiger partial charge in [0.05, 0.1) is 6.04 Å². The van der Waals surface area contributed by atoms with Gasteiger partial charge in [-0.05, 0) is 30.9 Å². The highest BCUT2D eigenvalue weighted by Gasteiger charge is 2.25. The maximum absolute atomic E-state index is 4.33. The van der Waals surface area contributed by atoms with E-state index in [0.717, 1.165) is 23.2 Å². The zero-order valence-electron chi connectivity index (χ0n) is 13.1. The van der Waals surface area contributed by atoms with Gasteiger partial charge in [-0.3, -0.25) is 0 Å². The van der Waals surface area contributed by atoms with Gasteiger partial charge in [-0.1, -0.05) is 49.4 Å². The lowest BCUT2D eigenvalue weighted by molar-refractivity contribution is 0.570. The summed E-state index contributed by atoms with van der Waals surface area (Å²) in [5.41, 5.74) is 7.62. The molecule has 21 heavy (non-hydrogen) atoms. The SMILES string of the molecule is Cc1ccc(C2CSc3nnc(CC(C)C)n3N2)c(C)c1. The summed E-state index contributed by atoms with van der Waals surface area (Å²) in [6.45, 7) is 8.74. The number of hydrogen-bond acceptors (Lipinski definition) is 4. The molecule has 1 aromatic heterocycles. The Morgan fingerprint density at radius 2 is 2.14 bits per heavy atom. The van der Waals surface area contributed by atoms with E-state index in [1.54, 1.807) is 11.8 Å². The molecule has 2 aromatic rings. The van der Waals surface area contributed by atoms with Gasteiger partial charge in [0.15, 0.2) is 5.82 Å². The Balaban J connectivity index is 1.88. The van der Waals surface area contributed by atoms with Crippen molar-refractivity contribution >= 4 is 11.8 Å². The Hall–Kier alpha value is -1.49. The molecule has 2 heterocycles. The highest BCUT2D eigenvalue weighted by atomic mass is 32.2. The largest absolute Gasteiger partial charge is 0.314 e. The van der Waals surface area contributed by atoms with Crippen LogP contribution in [0.4, 0.5) is 0 Å². The van der Waals surface area contributed by atoms with Gasteiger partial charge in [-0.15, -0.1) is 10.2 Å². The molecule has 5 heteroatoms. The Kier molecular flexibility index (Phi) is 3.93. The second kappa shape index (κ2) is 5.72. The van der Waals surface area contributed by atoms with Crippen LogP contribution in [0.5, 0.6) is 0 Å². The predicted molar refractivity (Wildman–Crippen MR) is 87.3 cm³/mol. The van der Waals surface area contributed by atoms with Crippen LogP contribution in [0.1, 0.15) is 42.4 Å². The molecule has 4 nitrogen and oxygen atoms in total. The molecule has 0 saturated heterocycles. The van der Waals surface area contributed by atoms with Crippen LogP contribution in [0.3, 0.4) is 0 Å².